The van der Waals surface area contributed by atoms with Crippen LogP contribution in [0.15, 0.2) is 57.9 Å². The highest BCUT2D eigenvalue weighted by Crippen LogP contribution is 2.21. The third kappa shape index (κ3) is 5.48. The Labute approximate surface area is 200 Å². The van der Waals surface area contributed by atoms with Crippen molar-refractivity contribution in [2.24, 2.45) is 0 Å². The molecule has 0 aliphatic carbocycles. The Kier molecular flexibility index (Phi) is 7.33. The zero-order valence-electron chi connectivity index (χ0n) is 19.4. The predicted octanol–water partition coefficient (Wildman–Crippen LogP) is 3.98. The van der Waals surface area contributed by atoms with Crippen LogP contribution in [0.4, 0.5) is 0 Å². The largest absolute Gasteiger partial charge is 0.489 e. The molecule has 2 aromatic carbocycles. The standard InChI is InChI=1S/C25H29N3O5S/c1-18-24(19(2)33-27-18)17-32-22-8-6-7-21(15-22)25(29)26-16-20-9-11-23(12-10-20)34(30,31)28-13-4-3-5-14-28/h6-12,15H,3-5,13-14,16-17H2,1-2H3,(H,26,29). The molecule has 0 unspecified atom stereocenters. The van der Waals surface area contributed by atoms with Crippen molar-refractivity contribution in [3.8, 4) is 5.75 Å². The van der Waals surface area contributed by atoms with E-state index in [4.69, 9.17) is 9.26 Å². The van der Waals surface area contributed by atoms with Crippen LogP contribution in [0, 0.1) is 13.8 Å². The van der Waals surface area contributed by atoms with Gasteiger partial charge in [0.2, 0.25) is 10.0 Å². The summed E-state index contributed by atoms with van der Waals surface area (Å²) in [6.07, 6.45) is 2.87. The zero-order chi connectivity index (χ0) is 24.1. The molecule has 4 rings (SSSR count). The Morgan fingerprint density at radius 3 is 2.50 bits per heavy atom. The summed E-state index contributed by atoms with van der Waals surface area (Å²) in [4.78, 5) is 12.9. The topological polar surface area (TPSA) is 102 Å². The van der Waals surface area contributed by atoms with Crippen molar-refractivity contribution >= 4 is 15.9 Å². The van der Waals surface area contributed by atoms with Gasteiger partial charge in [-0.25, -0.2) is 8.42 Å². The number of rotatable bonds is 8. The second-order valence-corrected chi connectivity index (χ2v) is 10.3. The number of piperidine rings is 1. The van der Waals surface area contributed by atoms with E-state index < -0.39 is 10.0 Å². The third-order valence-electron chi connectivity index (χ3n) is 5.99. The number of aromatic nitrogens is 1. The molecule has 8 nitrogen and oxygen atoms in total. The van der Waals surface area contributed by atoms with Gasteiger partial charge in [-0.3, -0.25) is 4.79 Å². The van der Waals surface area contributed by atoms with E-state index in [-0.39, 0.29) is 17.3 Å². The molecule has 1 saturated heterocycles. The molecule has 1 amide bonds. The molecule has 9 heteroatoms. The quantitative estimate of drug-likeness (QED) is 0.520. The van der Waals surface area contributed by atoms with E-state index in [1.165, 1.54) is 0 Å². The molecule has 3 aromatic rings. The summed E-state index contributed by atoms with van der Waals surface area (Å²) in [5, 5.41) is 6.79. The SMILES string of the molecule is Cc1noc(C)c1COc1cccc(C(=O)NCc2ccc(S(=O)(=O)N3CCCCC3)cc2)c1. The Morgan fingerprint density at radius 1 is 1.09 bits per heavy atom. The highest BCUT2D eigenvalue weighted by molar-refractivity contribution is 7.89. The van der Waals surface area contributed by atoms with Gasteiger partial charge in [0, 0.05) is 25.2 Å². The molecule has 1 N–H and O–H groups in total. The molecule has 0 atom stereocenters. The molecule has 1 fully saturated rings. The number of carbonyl (C=O) groups excluding carboxylic acids is 1. The summed E-state index contributed by atoms with van der Waals surface area (Å²) in [6, 6.07) is 13.6. The Balaban J connectivity index is 1.34. The fourth-order valence-corrected chi connectivity index (χ4v) is 5.43. The first-order valence-corrected chi connectivity index (χ1v) is 12.8. The van der Waals surface area contributed by atoms with Gasteiger partial charge in [-0.2, -0.15) is 4.31 Å². The van der Waals surface area contributed by atoms with Crippen LogP contribution in [0.3, 0.4) is 0 Å². The van der Waals surface area contributed by atoms with Crippen LogP contribution >= 0.6 is 0 Å². The van der Waals surface area contributed by atoms with E-state index in [1.807, 2.05) is 13.8 Å². The number of nitrogens with one attached hydrogen (secondary N) is 1. The van der Waals surface area contributed by atoms with Crippen molar-refractivity contribution < 1.29 is 22.5 Å². The van der Waals surface area contributed by atoms with Crippen molar-refractivity contribution in [3.63, 3.8) is 0 Å². The maximum Gasteiger partial charge on any atom is 0.251 e. The van der Waals surface area contributed by atoms with Gasteiger partial charge >= 0.3 is 0 Å². The van der Waals surface area contributed by atoms with E-state index in [9.17, 15) is 13.2 Å². The summed E-state index contributed by atoms with van der Waals surface area (Å²) in [5.74, 6) is 1.04. The summed E-state index contributed by atoms with van der Waals surface area (Å²) in [6.45, 7) is 5.42. The average molecular weight is 484 g/mol. The number of sulfonamides is 1. The maximum atomic E-state index is 12.8. The van der Waals surface area contributed by atoms with Crippen LogP contribution < -0.4 is 10.1 Å². The lowest BCUT2D eigenvalue weighted by atomic mass is 10.2. The van der Waals surface area contributed by atoms with Gasteiger partial charge < -0.3 is 14.6 Å². The lowest BCUT2D eigenvalue weighted by Crippen LogP contribution is -2.35. The summed E-state index contributed by atoms with van der Waals surface area (Å²) < 4.78 is 38.1. The first kappa shape index (κ1) is 24.0. The van der Waals surface area contributed by atoms with Crippen LogP contribution in [0.5, 0.6) is 5.75 Å². The van der Waals surface area contributed by atoms with Crippen LogP contribution in [-0.2, 0) is 23.2 Å². The van der Waals surface area contributed by atoms with Gasteiger partial charge in [0.05, 0.1) is 16.2 Å². The van der Waals surface area contributed by atoms with Gasteiger partial charge in [-0.15, -0.1) is 0 Å². The highest BCUT2D eigenvalue weighted by atomic mass is 32.2. The molecule has 0 bridgehead atoms. The molecule has 180 valence electrons. The van der Waals surface area contributed by atoms with Crippen LogP contribution in [-0.4, -0.2) is 36.9 Å². The molecule has 34 heavy (non-hydrogen) atoms. The lowest BCUT2D eigenvalue weighted by Gasteiger charge is -2.25. The van der Waals surface area contributed by atoms with Crippen LogP contribution in [0.25, 0.3) is 0 Å². The summed E-state index contributed by atoms with van der Waals surface area (Å²) in [7, 11) is -3.46. The lowest BCUT2D eigenvalue weighted by molar-refractivity contribution is 0.0950. The van der Waals surface area contributed by atoms with Gasteiger partial charge in [0.25, 0.3) is 5.91 Å². The van der Waals surface area contributed by atoms with Crippen LogP contribution in [0.2, 0.25) is 0 Å². The summed E-state index contributed by atoms with van der Waals surface area (Å²) in [5.41, 5.74) is 2.96. The van der Waals surface area contributed by atoms with Crippen molar-refractivity contribution in [2.45, 2.75) is 51.2 Å². The minimum atomic E-state index is -3.46. The number of aryl methyl sites for hydroxylation is 2. The number of hydrogen-bond acceptors (Lipinski definition) is 6. The fraction of sp³-hybridized carbons (Fsp3) is 0.360. The normalized spacial score (nSPS) is 14.6. The molecule has 0 saturated carbocycles. The van der Waals surface area contributed by atoms with Crippen LogP contribution in [0.1, 0.15) is 52.2 Å². The first-order valence-electron chi connectivity index (χ1n) is 11.4. The van der Waals surface area contributed by atoms with Gasteiger partial charge in [0.1, 0.15) is 18.1 Å². The van der Waals surface area contributed by atoms with Crippen molar-refractivity contribution in [1.29, 1.82) is 0 Å². The number of carbonyl (C=O) groups is 1. The molecule has 1 aliphatic rings. The molecule has 1 aromatic heterocycles. The van der Waals surface area contributed by atoms with E-state index in [1.54, 1.807) is 52.8 Å². The van der Waals surface area contributed by atoms with Gasteiger partial charge in [-0.05, 0) is 62.6 Å². The number of nitrogens with zero attached hydrogens (tertiary/aromatic N) is 2. The molecule has 0 spiro atoms. The minimum absolute atomic E-state index is 0.243. The number of ether oxygens (including phenoxy) is 1. The first-order chi connectivity index (χ1) is 16.3. The minimum Gasteiger partial charge on any atom is -0.489 e. The number of benzene rings is 2. The average Bonchev–Trinajstić information content (AvgIpc) is 3.19. The smallest absolute Gasteiger partial charge is 0.251 e. The zero-order valence-corrected chi connectivity index (χ0v) is 20.2. The number of hydrogen-bond donors (Lipinski definition) is 1. The van der Waals surface area contributed by atoms with E-state index in [2.05, 4.69) is 10.5 Å². The second-order valence-electron chi connectivity index (χ2n) is 8.41. The maximum absolute atomic E-state index is 12.8. The Bertz CT molecular complexity index is 1230. The fourth-order valence-electron chi connectivity index (χ4n) is 3.91. The van der Waals surface area contributed by atoms with Crippen molar-refractivity contribution in [3.05, 3.63) is 76.7 Å². The Hall–Kier alpha value is -3.17. The summed E-state index contributed by atoms with van der Waals surface area (Å²) >= 11 is 0. The van der Waals surface area contributed by atoms with Crippen molar-refractivity contribution in [1.82, 2.24) is 14.8 Å². The van der Waals surface area contributed by atoms with E-state index >= 15 is 0 Å². The van der Waals surface area contributed by atoms with Crippen molar-refractivity contribution in [2.75, 3.05) is 13.1 Å². The second kappa shape index (κ2) is 10.4. The third-order valence-corrected chi connectivity index (χ3v) is 7.90. The van der Waals surface area contributed by atoms with E-state index in [0.29, 0.717) is 36.8 Å². The highest BCUT2D eigenvalue weighted by Gasteiger charge is 2.25. The Morgan fingerprint density at radius 2 is 1.82 bits per heavy atom. The van der Waals surface area contributed by atoms with Gasteiger partial charge in [-0.1, -0.05) is 29.8 Å². The molecule has 1 aliphatic heterocycles. The van der Waals surface area contributed by atoms with E-state index in [0.717, 1.165) is 36.1 Å². The predicted molar refractivity (Wildman–Crippen MR) is 127 cm³/mol. The molecular formula is C25H29N3O5S. The molecular weight excluding hydrogens is 454 g/mol. The van der Waals surface area contributed by atoms with Gasteiger partial charge in [0.15, 0.2) is 0 Å². The molecule has 0 radical (unpaired) electrons. The number of amides is 1. The molecule has 2 heterocycles. The monoisotopic (exact) mass is 483 g/mol.